The van der Waals surface area contributed by atoms with Gasteiger partial charge in [0.15, 0.2) is 0 Å². The fraction of sp³-hybridized carbons (Fsp3) is 0.222. The first kappa shape index (κ1) is 16.3. The fourth-order valence-electron chi connectivity index (χ4n) is 2.69. The van der Waals surface area contributed by atoms with Crippen LogP contribution in [0, 0.1) is 0 Å². The van der Waals surface area contributed by atoms with Gasteiger partial charge in [-0.15, -0.1) is 0 Å². The van der Waals surface area contributed by atoms with Crippen LogP contribution in [0.25, 0.3) is 5.57 Å². The number of methoxy groups -OCH3 is 1. The van der Waals surface area contributed by atoms with Gasteiger partial charge in [0, 0.05) is 23.7 Å². The zero-order valence-corrected chi connectivity index (χ0v) is 13.9. The lowest BCUT2D eigenvalue weighted by atomic mass is 9.99. The number of ether oxygens (including phenoxy) is 1. The van der Waals surface area contributed by atoms with Crippen LogP contribution in [0.5, 0.6) is 5.75 Å². The minimum Gasteiger partial charge on any atom is -0.497 e. The highest BCUT2D eigenvalue weighted by atomic mass is 35.5. The first-order valence-electron chi connectivity index (χ1n) is 7.61. The molecule has 24 heavy (non-hydrogen) atoms. The van der Waals surface area contributed by atoms with Gasteiger partial charge in [0.25, 0.3) is 5.56 Å². The van der Waals surface area contributed by atoms with Gasteiger partial charge in [-0.1, -0.05) is 29.8 Å². The molecule has 0 unspecified atom stereocenters. The van der Waals surface area contributed by atoms with E-state index in [1.165, 1.54) is 0 Å². The highest BCUT2D eigenvalue weighted by molar-refractivity contribution is 6.30. The third-order valence-corrected chi connectivity index (χ3v) is 4.25. The van der Waals surface area contributed by atoms with Gasteiger partial charge in [0.05, 0.1) is 7.11 Å². The van der Waals surface area contributed by atoms with Gasteiger partial charge in [-0.2, -0.15) is 0 Å². The van der Waals surface area contributed by atoms with Gasteiger partial charge >= 0.3 is 0 Å². The summed E-state index contributed by atoms with van der Waals surface area (Å²) in [5.41, 5.74) is 2.05. The van der Waals surface area contributed by atoms with Crippen molar-refractivity contribution in [2.45, 2.75) is 18.9 Å². The van der Waals surface area contributed by atoms with Crippen LogP contribution in [-0.2, 0) is 4.79 Å². The molecule has 1 aromatic carbocycles. The molecule has 6 heteroatoms. The average Bonchev–Trinajstić information content (AvgIpc) is 3.00. The Morgan fingerprint density at radius 2 is 1.96 bits per heavy atom. The molecule has 1 aliphatic rings. The Morgan fingerprint density at radius 3 is 2.54 bits per heavy atom. The van der Waals surface area contributed by atoms with E-state index in [1.807, 2.05) is 30.3 Å². The Hall–Kier alpha value is -2.53. The van der Waals surface area contributed by atoms with E-state index in [4.69, 9.17) is 16.3 Å². The SMILES string of the molecule is COc1ccc(/C(=C\[C@H]2CCC(=O)N2)c2ccc(Cl)c(=O)[nH]2)cc1. The standard InChI is InChI=1S/C18H17ClN2O3/c1-24-13-5-2-11(3-6-13)14(10-12-4-9-17(22)20-12)16-8-7-15(19)18(23)21-16/h2-3,5-8,10,12H,4,9H2,1H3,(H,20,22)(H,21,23)/b14-10+/t12-/m1/s1. The molecule has 0 bridgehead atoms. The Morgan fingerprint density at radius 1 is 1.21 bits per heavy atom. The molecular formula is C18H17ClN2O3. The smallest absolute Gasteiger partial charge is 0.267 e. The lowest BCUT2D eigenvalue weighted by Crippen LogP contribution is -2.23. The van der Waals surface area contributed by atoms with E-state index in [0.29, 0.717) is 12.1 Å². The van der Waals surface area contributed by atoms with Crippen LogP contribution in [0.3, 0.4) is 0 Å². The number of hydrogen-bond acceptors (Lipinski definition) is 3. The van der Waals surface area contributed by atoms with Crippen LogP contribution in [0.2, 0.25) is 5.02 Å². The van der Waals surface area contributed by atoms with Crippen molar-refractivity contribution in [2.24, 2.45) is 0 Å². The molecule has 2 aromatic rings. The maximum absolute atomic E-state index is 11.9. The highest BCUT2D eigenvalue weighted by Gasteiger charge is 2.20. The number of hydrogen-bond donors (Lipinski definition) is 2. The number of aromatic nitrogens is 1. The van der Waals surface area contributed by atoms with E-state index in [0.717, 1.165) is 23.3 Å². The molecule has 1 aliphatic heterocycles. The van der Waals surface area contributed by atoms with Gasteiger partial charge in [-0.05, 0) is 36.2 Å². The van der Waals surface area contributed by atoms with Crippen molar-refractivity contribution in [1.29, 1.82) is 0 Å². The maximum atomic E-state index is 11.9. The number of aromatic amines is 1. The molecule has 1 saturated heterocycles. The number of halogens is 1. The zero-order chi connectivity index (χ0) is 17.1. The van der Waals surface area contributed by atoms with Gasteiger partial charge in [0.1, 0.15) is 10.8 Å². The number of carbonyl (C=O) groups excluding carboxylic acids is 1. The van der Waals surface area contributed by atoms with E-state index in [2.05, 4.69) is 10.3 Å². The molecule has 124 valence electrons. The molecule has 2 N–H and O–H groups in total. The van der Waals surface area contributed by atoms with Gasteiger partial charge in [0.2, 0.25) is 5.91 Å². The number of rotatable bonds is 4. The van der Waals surface area contributed by atoms with Crippen molar-refractivity contribution in [1.82, 2.24) is 10.3 Å². The first-order valence-corrected chi connectivity index (χ1v) is 7.99. The van der Waals surface area contributed by atoms with Crippen LogP contribution in [0.4, 0.5) is 0 Å². The molecular weight excluding hydrogens is 328 g/mol. The summed E-state index contributed by atoms with van der Waals surface area (Å²) in [7, 11) is 1.61. The molecule has 0 saturated carbocycles. The summed E-state index contributed by atoms with van der Waals surface area (Å²) in [5.74, 6) is 0.784. The predicted molar refractivity (Wildman–Crippen MR) is 93.3 cm³/mol. The predicted octanol–water partition coefficient (Wildman–Crippen LogP) is 2.75. The number of nitrogens with one attached hydrogen (secondary N) is 2. The second-order valence-corrected chi connectivity index (χ2v) is 5.98. The van der Waals surface area contributed by atoms with Crippen molar-refractivity contribution in [3.63, 3.8) is 0 Å². The van der Waals surface area contributed by atoms with Crippen LogP contribution >= 0.6 is 11.6 Å². The topological polar surface area (TPSA) is 71.2 Å². The molecule has 1 atom stereocenters. The molecule has 5 nitrogen and oxygen atoms in total. The van der Waals surface area contributed by atoms with Gasteiger partial charge in [-0.25, -0.2) is 0 Å². The van der Waals surface area contributed by atoms with Crippen LogP contribution in [-0.4, -0.2) is 24.0 Å². The highest BCUT2D eigenvalue weighted by Crippen LogP contribution is 2.26. The number of pyridine rings is 1. The van der Waals surface area contributed by atoms with E-state index in [1.54, 1.807) is 19.2 Å². The minimum absolute atomic E-state index is 0.0370. The fourth-order valence-corrected chi connectivity index (χ4v) is 2.80. The molecule has 0 aliphatic carbocycles. The first-order chi connectivity index (χ1) is 11.6. The molecule has 1 fully saturated rings. The average molecular weight is 345 g/mol. The largest absolute Gasteiger partial charge is 0.497 e. The third-order valence-electron chi connectivity index (χ3n) is 3.95. The maximum Gasteiger partial charge on any atom is 0.267 e. The van der Waals surface area contributed by atoms with Crippen LogP contribution in [0.15, 0.2) is 47.3 Å². The van der Waals surface area contributed by atoms with Crippen molar-refractivity contribution >= 4 is 23.1 Å². The lowest BCUT2D eigenvalue weighted by molar-refractivity contribution is -0.119. The Bertz CT molecular complexity index is 840. The summed E-state index contributed by atoms with van der Waals surface area (Å²) in [4.78, 5) is 26.1. The summed E-state index contributed by atoms with van der Waals surface area (Å²) in [6.45, 7) is 0. The van der Waals surface area contributed by atoms with Crippen molar-refractivity contribution < 1.29 is 9.53 Å². The summed E-state index contributed by atoms with van der Waals surface area (Å²) in [5, 5.41) is 3.06. The Balaban J connectivity index is 2.05. The van der Waals surface area contributed by atoms with E-state index >= 15 is 0 Å². The van der Waals surface area contributed by atoms with Crippen molar-refractivity contribution in [3.8, 4) is 5.75 Å². The molecule has 1 amide bonds. The number of H-pyrrole nitrogens is 1. The molecule has 0 spiro atoms. The summed E-state index contributed by atoms with van der Waals surface area (Å²) < 4.78 is 5.19. The summed E-state index contributed by atoms with van der Waals surface area (Å²) in [6, 6.07) is 10.8. The summed E-state index contributed by atoms with van der Waals surface area (Å²) >= 11 is 5.82. The van der Waals surface area contributed by atoms with E-state index < -0.39 is 0 Å². The second-order valence-electron chi connectivity index (χ2n) is 5.57. The van der Waals surface area contributed by atoms with Gasteiger partial charge < -0.3 is 15.0 Å². The number of benzene rings is 1. The minimum atomic E-state index is -0.343. The lowest BCUT2D eigenvalue weighted by Gasteiger charge is -2.12. The zero-order valence-electron chi connectivity index (χ0n) is 13.1. The Kier molecular flexibility index (Phi) is 4.71. The summed E-state index contributed by atoms with van der Waals surface area (Å²) in [6.07, 6.45) is 3.20. The van der Waals surface area contributed by atoms with Crippen molar-refractivity contribution in [2.75, 3.05) is 7.11 Å². The van der Waals surface area contributed by atoms with E-state index in [-0.39, 0.29) is 22.5 Å². The molecule has 0 radical (unpaired) electrons. The van der Waals surface area contributed by atoms with Crippen LogP contribution in [0.1, 0.15) is 24.1 Å². The Labute approximate surface area is 144 Å². The van der Waals surface area contributed by atoms with Crippen LogP contribution < -0.4 is 15.6 Å². The third kappa shape index (κ3) is 3.51. The number of carbonyl (C=O) groups is 1. The number of amides is 1. The monoisotopic (exact) mass is 344 g/mol. The van der Waals surface area contributed by atoms with E-state index in [9.17, 15) is 9.59 Å². The van der Waals surface area contributed by atoms with Crippen molar-refractivity contribution in [3.05, 3.63) is 69.1 Å². The normalized spacial score (nSPS) is 17.7. The van der Waals surface area contributed by atoms with Gasteiger partial charge in [-0.3, -0.25) is 9.59 Å². The quantitative estimate of drug-likeness (QED) is 0.895. The molecule has 1 aromatic heterocycles. The second kappa shape index (κ2) is 6.93. The molecule has 3 rings (SSSR count). The molecule has 2 heterocycles.